The van der Waals surface area contributed by atoms with E-state index in [2.05, 4.69) is 5.32 Å². The lowest BCUT2D eigenvalue weighted by Gasteiger charge is -2.32. The Bertz CT molecular complexity index is 564. The first kappa shape index (κ1) is 16.3. The molecule has 0 saturated heterocycles. The highest BCUT2D eigenvalue weighted by molar-refractivity contribution is 5.81. The maximum absolute atomic E-state index is 11.9. The fourth-order valence-electron chi connectivity index (χ4n) is 3.00. The van der Waals surface area contributed by atoms with Crippen LogP contribution in [-0.2, 0) is 22.4 Å². The first-order valence-electron chi connectivity index (χ1n) is 7.40. The van der Waals surface area contributed by atoms with Crippen LogP contribution < -0.4 is 5.32 Å². The van der Waals surface area contributed by atoms with Crippen molar-refractivity contribution in [2.45, 2.75) is 52.2 Å². The highest BCUT2D eigenvalue weighted by atomic mass is 16.6. The molecule has 0 saturated carbocycles. The largest absolute Gasteiger partial charge is 0.480 e. The van der Waals surface area contributed by atoms with Crippen molar-refractivity contribution in [3.8, 4) is 0 Å². The summed E-state index contributed by atoms with van der Waals surface area (Å²) in [6.07, 6.45) is 0.545. The fraction of sp³-hybridized carbons (Fsp3) is 0.529. The highest BCUT2D eigenvalue weighted by Gasteiger charge is 2.45. The first-order valence-corrected chi connectivity index (χ1v) is 7.40. The molecule has 5 nitrogen and oxygen atoms in total. The minimum absolute atomic E-state index is 0.563. The van der Waals surface area contributed by atoms with Crippen LogP contribution in [0.15, 0.2) is 24.3 Å². The zero-order chi connectivity index (χ0) is 16.5. The van der Waals surface area contributed by atoms with Gasteiger partial charge in [0, 0.05) is 5.41 Å². The van der Waals surface area contributed by atoms with Crippen LogP contribution in [0.2, 0.25) is 0 Å². The van der Waals surface area contributed by atoms with E-state index in [1.165, 1.54) is 0 Å². The quantitative estimate of drug-likeness (QED) is 0.900. The van der Waals surface area contributed by atoms with Crippen LogP contribution in [0.5, 0.6) is 0 Å². The smallest absolute Gasteiger partial charge is 0.408 e. The van der Waals surface area contributed by atoms with Gasteiger partial charge in [-0.1, -0.05) is 31.2 Å². The Morgan fingerprint density at radius 2 is 1.73 bits per heavy atom. The van der Waals surface area contributed by atoms with Crippen LogP contribution in [-0.4, -0.2) is 28.8 Å². The summed E-state index contributed by atoms with van der Waals surface area (Å²) in [6.45, 7) is 7.13. The van der Waals surface area contributed by atoms with Gasteiger partial charge in [-0.15, -0.1) is 0 Å². The zero-order valence-electron chi connectivity index (χ0n) is 13.5. The van der Waals surface area contributed by atoms with Gasteiger partial charge < -0.3 is 15.2 Å². The summed E-state index contributed by atoms with van der Waals surface area (Å²) in [7, 11) is 0. The van der Waals surface area contributed by atoms with Crippen molar-refractivity contribution in [1.29, 1.82) is 0 Å². The van der Waals surface area contributed by atoms with Gasteiger partial charge in [-0.05, 0) is 44.7 Å². The number of carboxylic acid groups (broad SMARTS) is 1. The molecule has 0 fully saturated rings. The average Bonchev–Trinajstić information content (AvgIpc) is 2.70. The van der Waals surface area contributed by atoms with Crippen molar-refractivity contribution >= 4 is 12.1 Å². The van der Waals surface area contributed by atoms with E-state index in [4.69, 9.17) is 4.74 Å². The summed E-state index contributed by atoms with van der Waals surface area (Å²) in [5.41, 5.74) is 1.06. The third kappa shape index (κ3) is 3.59. The second kappa shape index (κ2) is 5.63. The summed E-state index contributed by atoms with van der Waals surface area (Å²) in [5, 5.41) is 12.1. The van der Waals surface area contributed by atoms with E-state index in [1.807, 2.05) is 31.2 Å². The molecule has 2 N–H and O–H groups in total. The Kier molecular flexibility index (Phi) is 4.18. The molecular formula is C17H23NO4. The number of hydrogen-bond donors (Lipinski definition) is 2. The number of benzene rings is 1. The van der Waals surface area contributed by atoms with E-state index >= 15 is 0 Å². The minimum Gasteiger partial charge on any atom is -0.480 e. The standard InChI is InChI=1S/C17H23NO4/c1-16(2,3)22-15(21)18-13(14(19)20)17(4)9-11-7-5-6-8-12(11)10-17/h5-8,13H,9-10H2,1-4H3,(H,18,21)(H,19,20)/t13-/m1/s1. The van der Waals surface area contributed by atoms with Gasteiger partial charge in [0.25, 0.3) is 0 Å². The molecule has 2 rings (SSSR count). The van der Waals surface area contributed by atoms with Gasteiger partial charge in [0.2, 0.25) is 0 Å². The third-order valence-electron chi connectivity index (χ3n) is 3.91. The number of alkyl carbamates (subject to hydrolysis) is 1. The van der Waals surface area contributed by atoms with Crippen molar-refractivity contribution in [1.82, 2.24) is 5.32 Å². The summed E-state index contributed by atoms with van der Waals surface area (Å²) in [5.74, 6) is -1.04. The Balaban J connectivity index is 2.16. The summed E-state index contributed by atoms with van der Waals surface area (Å²) in [6, 6.07) is 6.92. The number of rotatable bonds is 3. The van der Waals surface area contributed by atoms with Crippen molar-refractivity contribution in [3.63, 3.8) is 0 Å². The number of amides is 1. The number of fused-ring (bicyclic) bond motifs is 1. The molecule has 1 atom stereocenters. The van der Waals surface area contributed by atoms with Crippen molar-refractivity contribution in [2.75, 3.05) is 0 Å². The van der Waals surface area contributed by atoms with E-state index in [0.717, 1.165) is 11.1 Å². The maximum atomic E-state index is 11.9. The van der Waals surface area contributed by atoms with Gasteiger partial charge in [0.15, 0.2) is 0 Å². The summed E-state index contributed by atoms with van der Waals surface area (Å²) in [4.78, 5) is 23.6. The molecule has 1 aromatic carbocycles. The molecular weight excluding hydrogens is 282 g/mol. The lowest BCUT2D eigenvalue weighted by molar-refractivity contribution is -0.142. The van der Waals surface area contributed by atoms with E-state index in [1.54, 1.807) is 20.8 Å². The number of carbonyl (C=O) groups is 2. The highest BCUT2D eigenvalue weighted by Crippen LogP contribution is 2.39. The van der Waals surface area contributed by atoms with Crippen LogP contribution >= 0.6 is 0 Å². The molecule has 0 bridgehead atoms. The lowest BCUT2D eigenvalue weighted by Crippen LogP contribution is -2.53. The molecule has 22 heavy (non-hydrogen) atoms. The van der Waals surface area contributed by atoms with Crippen LogP contribution in [0.4, 0.5) is 4.79 Å². The predicted molar refractivity (Wildman–Crippen MR) is 82.8 cm³/mol. The molecule has 1 aliphatic rings. The maximum Gasteiger partial charge on any atom is 0.408 e. The molecule has 0 unspecified atom stereocenters. The van der Waals surface area contributed by atoms with Crippen LogP contribution in [0, 0.1) is 5.41 Å². The summed E-state index contributed by atoms with van der Waals surface area (Å²) >= 11 is 0. The molecule has 1 amide bonds. The van der Waals surface area contributed by atoms with Crippen LogP contribution in [0.25, 0.3) is 0 Å². The Morgan fingerprint density at radius 1 is 1.23 bits per heavy atom. The first-order chi connectivity index (χ1) is 10.1. The number of carboxylic acids is 1. The van der Waals surface area contributed by atoms with Crippen LogP contribution in [0.1, 0.15) is 38.8 Å². The topological polar surface area (TPSA) is 75.6 Å². The van der Waals surface area contributed by atoms with Crippen LogP contribution in [0.3, 0.4) is 0 Å². The molecule has 0 heterocycles. The molecule has 1 aliphatic carbocycles. The average molecular weight is 305 g/mol. The molecule has 1 aromatic rings. The van der Waals surface area contributed by atoms with Gasteiger partial charge in [0.05, 0.1) is 0 Å². The fourth-order valence-corrected chi connectivity index (χ4v) is 3.00. The zero-order valence-corrected chi connectivity index (χ0v) is 13.5. The Labute approximate surface area is 130 Å². The second-order valence-electron chi connectivity index (χ2n) is 7.19. The van der Waals surface area contributed by atoms with Gasteiger partial charge in [0.1, 0.15) is 11.6 Å². The Morgan fingerprint density at radius 3 is 2.14 bits per heavy atom. The monoisotopic (exact) mass is 305 g/mol. The van der Waals surface area contributed by atoms with Crippen molar-refractivity contribution in [2.24, 2.45) is 5.41 Å². The normalized spacial score (nSPS) is 17.5. The Hall–Kier alpha value is -2.04. The van der Waals surface area contributed by atoms with E-state index in [0.29, 0.717) is 12.8 Å². The number of hydrogen-bond acceptors (Lipinski definition) is 3. The number of carbonyl (C=O) groups excluding carboxylic acids is 1. The number of nitrogens with one attached hydrogen (secondary N) is 1. The van der Waals surface area contributed by atoms with Gasteiger partial charge >= 0.3 is 12.1 Å². The van der Waals surface area contributed by atoms with Gasteiger partial charge in [-0.3, -0.25) is 0 Å². The molecule has 0 radical (unpaired) electrons. The molecule has 5 heteroatoms. The lowest BCUT2D eigenvalue weighted by atomic mass is 9.79. The predicted octanol–water partition coefficient (Wildman–Crippen LogP) is 2.77. The third-order valence-corrected chi connectivity index (χ3v) is 3.91. The molecule has 120 valence electrons. The second-order valence-corrected chi connectivity index (χ2v) is 7.19. The van der Waals surface area contributed by atoms with E-state index < -0.39 is 29.1 Å². The van der Waals surface area contributed by atoms with E-state index in [-0.39, 0.29) is 0 Å². The van der Waals surface area contributed by atoms with Crippen molar-refractivity contribution < 1.29 is 19.4 Å². The SMILES string of the molecule is CC(C)(C)OC(=O)N[C@H](C(=O)O)C1(C)Cc2ccccc2C1. The van der Waals surface area contributed by atoms with Gasteiger partial charge in [-0.25, -0.2) is 9.59 Å². The molecule has 0 aromatic heterocycles. The number of aliphatic carboxylic acids is 1. The molecule has 0 aliphatic heterocycles. The molecule has 0 spiro atoms. The van der Waals surface area contributed by atoms with E-state index in [9.17, 15) is 14.7 Å². The van der Waals surface area contributed by atoms with Gasteiger partial charge in [-0.2, -0.15) is 0 Å². The minimum atomic E-state index is -1.04. The number of ether oxygens (including phenoxy) is 1. The summed E-state index contributed by atoms with van der Waals surface area (Å²) < 4.78 is 5.19. The van der Waals surface area contributed by atoms with Crippen molar-refractivity contribution in [3.05, 3.63) is 35.4 Å².